The van der Waals surface area contributed by atoms with Crippen LogP contribution in [0.1, 0.15) is 38.9 Å². The van der Waals surface area contributed by atoms with Crippen molar-refractivity contribution in [2.24, 2.45) is 16.8 Å². The van der Waals surface area contributed by atoms with Gasteiger partial charge in [0.15, 0.2) is 5.96 Å². The summed E-state index contributed by atoms with van der Waals surface area (Å²) >= 11 is 0. The lowest BCUT2D eigenvalue weighted by molar-refractivity contribution is 0.183. The maximum atomic E-state index is 10.4. The zero-order chi connectivity index (χ0) is 17.5. The fraction of sp³-hybridized carbons (Fsp3) is 0.632. The molecule has 0 spiro atoms. The molecule has 5 nitrogen and oxygen atoms in total. The van der Waals surface area contributed by atoms with Crippen molar-refractivity contribution in [1.29, 1.82) is 0 Å². The lowest BCUT2D eigenvalue weighted by Gasteiger charge is -2.37. The summed E-state index contributed by atoms with van der Waals surface area (Å²) in [6.07, 6.45) is 0.661. The number of rotatable bonds is 5. The first-order valence-corrected chi connectivity index (χ1v) is 8.88. The second-order valence-electron chi connectivity index (χ2n) is 6.83. The zero-order valence-electron chi connectivity index (χ0n) is 15.3. The molecule has 0 aromatic heterocycles. The molecule has 1 heterocycles. The molecule has 0 amide bonds. The molecular weight excluding hydrogens is 302 g/mol. The van der Waals surface area contributed by atoms with Crippen LogP contribution in [0.15, 0.2) is 29.3 Å². The molecule has 0 saturated carbocycles. The number of ether oxygens (including phenoxy) is 1. The van der Waals surface area contributed by atoms with E-state index in [4.69, 9.17) is 4.74 Å². The van der Waals surface area contributed by atoms with Gasteiger partial charge in [0.2, 0.25) is 0 Å². The van der Waals surface area contributed by atoms with Gasteiger partial charge in [-0.25, -0.2) is 0 Å². The molecule has 1 aliphatic rings. The summed E-state index contributed by atoms with van der Waals surface area (Å²) in [7, 11) is 1.64. The molecule has 5 heteroatoms. The Bertz CT molecular complexity index is 520. The molecule has 3 unspecified atom stereocenters. The third kappa shape index (κ3) is 5.13. The van der Waals surface area contributed by atoms with Crippen LogP contribution in [0.2, 0.25) is 0 Å². The van der Waals surface area contributed by atoms with Crippen molar-refractivity contribution in [1.82, 2.24) is 10.2 Å². The van der Waals surface area contributed by atoms with Crippen LogP contribution in [-0.4, -0.2) is 49.3 Å². The molecule has 24 heavy (non-hydrogen) atoms. The van der Waals surface area contributed by atoms with E-state index in [1.54, 1.807) is 7.11 Å². The van der Waals surface area contributed by atoms with E-state index >= 15 is 0 Å². The Morgan fingerprint density at radius 3 is 2.46 bits per heavy atom. The highest BCUT2D eigenvalue weighted by atomic mass is 16.5. The number of hydrogen-bond acceptors (Lipinski definition) is 3. The van der Waals surface area contributed by atoms with Gasteiger partial charge in [-0.1, -0.05) is 26.0 Å². The second-order valence-corrected chi connectivity index (χ2v) is 6.83. The van der Waals surface area contributed by atoms with Crippen LogP contribution in [0.5, 0.6) is 5.75 Å². The Morgan fingerprint density at radius 2 is 1.92 bits per heavy atom. The lowest BCUT2D eigenvalue weighted by Crippen LogP contribution is -2.48. The van der Waals surface area contributed by atoms with Gasteiger partial charge in [-0.3, -0.25) is 4.99 Å². The highest BCUT2D eigenvalue weighted by Crippen LogP contribution is 2.21. The fourth-order valence-electron chi connectivity index (χ4n) is 3.37. The summed E-state index contributed by atoms with van der Waals surface area (Å²) in [5.74, 6) is 3.04. The van der Waals surface area contributed by atoms with Crippen LogP contribution in [0.25, 0.3) is 0 Å². The van der Waals surface area contributed by atoms with Crippen molar-refractivity contribution >= 4 is 5.96 Å². The minimum Gasteiger partial charge on any atom is -0.497 e. The van der Waals surface area contributed by atoms with E-state index < -0.39 is 6.10 Å². The van der Waals surface area contributed by atoms with Crippen molar-refractivity contribution in [2.45, 2.75) is 33.3 Å². The van der Waals surface area contributed by atoms with Crippen LogP contribution in [-0.2, 0) is 0 Å². The number of piperidine rings is 1. The SMILES string of the molecule is CCNC(=NCC(O)c1ccc(OC)cc1)N1CC(C)CC(C)C1. The maximum absolute atomic E-state index is 10.4. The van der Waals surface area contributed by atoms with Crippen molar-refractivity contribution in [2.75, 3.05) is 33.3 Å². The van der Waals surface area contributed by atoms with Crippen LogP contribution < -0.4 is 10.1 Å². The van der Waals surface area contributed by atoms with E-state index in [0.29, 0.717) is 18.4 Å². The van der Waals surface area contributed by atoms with E-state index in [-0.39, 0.29) is 0 Å². The molecule has 0 bridgehead atoms. The van der Waals surface area contributed by atoms with Crippen molar-refractivity contribution in [3.63, 3.8) is 0 Å². The highest BCUT2D eigenvalue weighted by Gasteiger charge is 2.24. The Morgan fingerprint density at radius 1 is 1.29 bits per heavy atom. The van der Waals surface area contributed by atoms with Crippen LogP contribution in [0, 0.1) is 11.8 Å². The minimum absolute atomic E-state index is 0.355. The zero-order valence-corrected chi connectivity index (χ0v) is 15.3. The van der Waals surface area contributed by atoms with E-state index in [1.165, 1.54) is 6.42 Å². The smallest absolute Gasteiger partial charge is 0.194 e. The Balaban J connectivity index is 2.03. The number of nitrogens with one attached hydrogen (secondary N) is 1. The third-order valence-corrected chi connectivity index (χ3v) is 4.42. The van der Waals surface area contributed by atoms with Gasteiger partial charge in [0.25, 0.3) is 0 Å². The topological polar surface area (TPSA) is 57.1 Å². The first-order chi connectivity index (χ1) is 11.5. The average molecular weight is 333 g/mol. The van der Waals surface area contributed by atoms with E-state index in [1.807, 2.05) is 24.3 Å². The number of aliphatic hydroxyl groups is 1. The molecule has 1 aromatic carbocycles. The number of aliphatic hydroxyl groups excluding tert-OH is 1. The normalized spacial score (nSPS) is 23.0. The lowest BCUT2D eigenvalue weighted by atomic mass is 9.92. The van der Waals surface area contributed by atoms with Gasteiger partial charge in [-0.15, -0.1) is 0 Å². The highest BCUT2D eigenvalue weighted by molar-refractivity contribution is 5.80. The van der Waals surface area contributed by atoms with Gasteiger partial charge in [0.05, 0.1) is 19.8 Å². The van der Waals surface area contributed by atoms with Gasteiger partial charge in [-0.05, 0) is 42.9 Å². The van der Waals surface area contributed by atoms with Gasteiger partial charge in [0.1, 0.15) is 5.75 Å². The molecule has 3 atom stereocenters. The molecule has 0 radical (unpaired) electrons. The number of aliphatic imine (C=N–C) groups is 1. The van der Waals surface area contributed by atoms with E-state index in [0.717, 1.165) is 36.9 Å². The quantitative estimate of drug-likeness (QED) is 0.642. The van der Waals surface area contributed by atoms with Crippen molar-refractivity contribution in [3.8, 4) is 5.75 Å². The number of guanidine groups is 1. The van der Waals surface area contributed by atoms with Gasteiger partial charge in [-0.2, -0.15) is 0 Å². The average Bonchev–Trinajstić information content (AvgIpc) is 2.57. The van der Waals surface area contributed by atoms with Crippen LogP contribution in [0.4, 0.5) is 0 Å². The minimum atomic E-state index is -0.607. The third-order valence-electron chi connectivity index (χ3n) is 4.42. The van der Waals surface area contributed by atoms with E-state index in [2.05, 4.69) is 36.0 Å². The summed E-state index contributed by atoms with van der Waals surface area (Å²) in [4.78, 5) is 7.00. The molecular formula is C19H31N3O2. The monoisotopic (exact) mass is 333 g/mol. The molecule has 2 rings (SSSR count). The largest absolute Gasteiger partial charge is 0.497 e. The predicted molar refractivity (Wildman–Crippen MR) is 98.5 cm³/mol. The summed E-state index contributed by atoms with van der Waals surface area (Å²) in [5, 5.41) is 13.8. The standard InChI is InChI=1S/C19H31N3O2/c1-5-20-19(22-12-14(2)10-15(3)13-22)21-11-18(23)16-6-8-17(24-4)9-7-16/h6-9,14-15,18,23H,5,10-13H2,1-4H3,(H,20,21). The molecule has 134 valence electrons. The maximum Gasteiger partial charge on any atom is 0.194 e. The molecule has 1 aromatic rings. The molecule has 1 aliphatic heterocycles. The van der Waals surface area contributed by atoms with Gasteiger partial charge >= 0.3 is 0 Å². The summed E-state index contributed by atoms with van der Waals surface area (Å²) in [5.41, 5.74) is 0.857. The number of likely N-dealkylation sites (tertiary alicyclic amines) is 1. The van der Waals surface area contributed by atoms with Crippen LogP contribution >= 0.6 is 0 Å². The first-order valence-electron chi connectivity index (χ1n) is 8.88. The Labute approximate surface area is 145 Å². The number of nitrogens with zero attached hydrogens (tertiary/aromatic N) is 2. The van der Waals surface area contributed by atoms with Crippen LogP contribution in [0.3, 0.4) is 0 Å². The molecule has 0 aliphatic carbocycles. The molecule has 2 N–H and O–H groups in total. The van der Waals surface area contributed by atoms with E-state index in [9.17, 15) is 5.11 Å². The second kappa shape index (κ2) is 8.92. The molecule has 1 fully saturated rings. The Hall–Kier alpha value is -1.75. The number of benzene rings is 1. The van der Waals surface area contributed by atoms with Gasteiger partial charge < -0.3 is 20.1 Å². The number of hydrogen-bond donors (Lipinski definition) is 2. The summed E-state index contributed by atoms with van der Waals surface area (Å²) < 4.78 is 5.15. The van der Waals surface area contributed by atoms with Gasteiger partial charge in [0, 0.05) is 19.6 Å². The van der Waals surface area contributed by atoms with Crippen molar-refractivity contribution < 1.29 is 9.84 Å². The number of methoxy groups -OCH3 is 1. The molecule has 1 saturated heterocycles. The summed E-state index contributed by atoms with van der Waals surface area (Å²) in [6, 6.07) is 7.50. The first kappa shape index (κ1) is 18.6. The summed E-state index contributed by atoms with van der Waals surface area (Å²) in [6.45, 7) is 9.89. The predicted octanol–water partition coefficient (Wildman–Crippen LogP) is 2.67. The van der Waals surface area contributed by atoms with Crippen molar-refractivity contribution in [3.05, 3.63) is 29.8 Å². The Kier molecular flexibility index (Phi) is 6.91. The fourth-order valence-corrected chi connectivity index (χ4v) is 3.37.